The van der Waals surface area contributed by atoms with Crippen LogP contribution in [0.25, 0.3) is 0 Å². The summed E-state index contributed by atoms with van der Waals surface area (Å²) in [5.41, 5.74) is 3.96. The fraction of sp³-hybridized carbons (Fsp3) is 0.381. The summed E-state index contributed by atoms with van der Waals surface area (Å²) < 4.78 is 0. The van der Waals surface area contributed by atoms with E-state index in [9.17, 15) is 4.79 Å². The molecule has 4 heteroatoms. The highest BCUT2D eigenvalue weighted by atomic mass is 35.5. The van der Waals surface area contributed by atoms with Gasteiger partial charge < -0.3 is 10.2 Å². The van der Waals surface area contributed by atoms with Crippen LogP contribution in [-0.2, 0) is 11.3 Å². The van der Waals surface area contributed by atoms with Gasteiger partial charge >= 0.3 is 0 Å². The first-order chi connectivity index (χ1) is 11.8. The zero-order valence-corrected chi connectivity index (χ0v) is 15.2. The first-order valence-electron chi connectivity index (χ1n) is 8.95. The van der Waals surface area contributed by atoms with Crippen molar-refractivity contribution in [1.29, 1.82) is 0 Å². The maximum absolute atomic E-state index is 13.0. The van der Waals surface area contributed by atoms with Gasteiger partial charge in [0, 0.05) is 24.9 Å². The van der Waals surface area contributed by atoms with E-state index < -0.39 is 0 Å². The topological polar surface area (TPSA) is 32.3 Å². The highest BCUT2D eigenvalue weighted by molar-refractivity contribution is 5.85. The Balaban J connectivity index is 0.00000182. The number of hydrogen-bond acceptors (Lipinski definition) is 2. The van der Waals surface area contributed by atoms with Gasteiger partial charge in [0.25, 0.3) is 0 Å². The molecule has 2 aromatic carbocycles. The molecule has 1 fully saturated rings. The minimum atomic E-state index is 0. The average molecular weight is 357 g/mol. The van der Waals surface area contributed by atoms with Crippen LogP contribution in [0.2, 0.25) is 0 Å². The van der Waals surface area contributed by atoms with Gasteiger partial charge in [0.15, 0.2) is 0 Å². The quantitative estimate of drug-likeness (QED) is 0.892. The lowest BCUT2D eigenvalue weighted by molar-refractivity contribution is -0.137. The van der Waals surface area contributed by atoms with Crippen molar-refractivity contribution >= 4 is 18.3 Å². The predicted molar refractivity (Wildman–Crippen MR) is 103 cm³/mol. The van der Waals surface area contributed by atoms with Crippen LogP contribution < -0.4 is 5.32 Å². The number of carbonyl (C=O) groups excluding carboxylic acids is 1. The van der Waals surface area contributed by atoms with Crippen molar-refractivity contribution in [3.8, 4) is 0 Å². The molecule has 1 N–H and O–H groups in total. The predicted octanol–water partition coefficient (Wildman–Crippen LogP) is 3.58. The molecule has 2 aliphatic rings. The number of nitrogens with one attached hydrogen (secondary N) is 1. The third-order valence-corrected chi connectivity index (χ3v) is 5.40. The summed E-state index contributed by atoms with van der Waals surface area (Å²) in [5.74, 6) is 0.807. The Morgan fingerprint density at radius 3 is 2.40 bits per heavy atom. The number of hydrogen-bond donors (Lipinski definition) is 1. The number of piperidine rings is 1. The van der Waals surface area contributed by atoms with Crippen LogP contribution in [-0.4, -0.2) is 30.4 Å². The van der Waals surface area contributed by atoms with Gasteiger partial charge in [-0.3, -0.25) is 4.79 Å². The summed E-state index contributed by atoms with van der Waals surface area (Å²) in [6.45, 7) is 3.47. The van der Waals surface area contributed by atoms with Crippen molar-refractivity contribution in [2.75, 3.05) is 19.6 Å². The standard InChI is InChI=1S/C21H24N2O.ClH/c24-21(17-10-12-22-13-11-17)23-14-18-8-4-5-9-19(18)20(15-23)16-6-2-1-3-7-16;/h1-9,17,20,22H,10-15H2;1H. The van der Waals surface area contributed by atoms with Gasteiger partial charge in [-0.2, -0.15) is 0 Å². The molecule has 3 nitrogen and oxygen atoms in total. The lowest BCUT2D eigenvalue weighted by Gasteiger charge is -2.37. The van der Waals surface area contributed by atoms with Crippen LogP contribution in [0.15, 0.2) is 54.6 Å². The van der Waals surface area contributed by atoms with E-state index in [4.69, 9.17) is 0 Å². The number of halogens is 1. The maximum atomic E-state index is 13.0. The molecule has 1 saturated heterocycles. The van der Waals surface area contributed by atoms with E-state index in [0.29, 0.717) is 5.91 Å². The Bertz CT molecular complexity index is 713. The molecule has 2 heterocycles. The Morgan fingerprint density at radius 1 is 0.960 bits per heavy atom. The third kappa shape index (κ3) is 3.73. The summed E-state index contributed by atoms with van der Waals surface area (Å²) in [6.07, 6.45) is 1.93. The number of carbonyl (C=O) groups is 1. The van der Waals surface area contributed by atoms with Gasteiger partial charge in [0.05, 0.1) is 0 Å². The Kier molecular flexibility index (Phi) is 5.77. The number of rotatable bonds is 2. The summed E-state index contributed by atoms with van der Waals surface area (Å²) >= 11 is 0. The zero-order valence-electron chi connectivity index (χ0n) is 14.4. The van der Waals surface area contributed by atoms with Crippen LogP contribution >= 0.6 is 12.4 Å². The van der Waals surface area contributed by atoms with Crippen LogP contribution in [0.5, 0.6) is 0 Å². The molecule has 0 aromatic heterocycles. The van der Waals surface area contributed by atoms with Gasteiger partial charge in [-0.05, 0) is 42.6 Å². The molecule has 1 unspecified atom stereocenters. The van der Waals surface area contributed by atoms with Crippen molar-refractivity contribution < 1.29 is 4.79 Å². The molecule has 0 spiro atoms. The van der Waals surface area contributed by atoms with E-state index in [0.717, 1.165) is 39.0 Å². The van der Waals surface area contributed by atoms with E-state index in [2.05, 4.69) is 64.8 Å². The van der Waals surface area contributed by atoms with Gasteiger partial charge in [-0.25, -0.2) is 0 Å². The lowest BCUT2D eigenvalue weighted by Crippen LogP contribution is -2.44. The molecule has 0 saturated carbocycles. The molecular formula is C21H25ClN2O. The molecule has 2 aromatic rings. The van der Waals surface area contributed by atoms with Crippen molar-refractivity contribution in [3.05, 3.63) is 71.3 Å². The second-order valence-corrected chi connectivity index (χ2v) is 6.91. The Morgan fingerprint density at radius 2 is 1.64 bits per heavy atom. The van der Waals surface area contributed by atoms with E-state index in [1.54, 1.807) is 0 Å². The fourth-order valence-electron chi connectivity index (χ4n) is 4.07. The van der Waals surface area contributed by atoms with Gasteiger partial charge in [-0.15, -0.1) is 12.4 Å². The van der Waals surface area contributed by atoms with E-state index >= 15 is 0 Å². The van der Waals surface area contributed by atoms with E-state index in [1.165, 1.54) is 16.7 Å². The van der Waals surface area contributed by atoms with E-state index in [1.807, 2.05) is 0 Å². The van der Waals surface area contributed by atoms with Crippen molar-refractivity contribution in [2.24, 2.45) is 5.92 Å². The Labute approximate surface area is 155 Å². The molecule has 1 amide bonds. The normalized spacial score (nSPS) is 20.5. The third-order valence-electron chi connectivity index (χ3n) is 5.40. The second kappa shape index (κ2) is 8.03. The molecule has 2 aliphatic heterocycles. The molecule has 0 radical (unpaired) electrons. The number of fused-ring (bicyclic) bond motifs is 1. The molecule has 4 rings (SSSR count). The largest absolute Gasteiger partial charge is 0.337 e. The molecule has 25 heavy (non-hydrogen) atoms. The fourth-order valence-corrected chi connectivity index (χ4v) is 4.07. The smallest absolute Gasteiger partial charge is 0.226 e. The molecule has 132 valence electrons. The SMILES string of the molecule is Cl.O=C(C1CCNCC1)N1Cc2ccccc2C(c2ccccc2)C1. The summed E-state index contributed by atoms with van der Waals surface area (Å²) in [4.78, 5) is 15.1. The van der Waals surface area contributed by atoms with Crippen LogP contribution in [0.3, 0.4) is 0 Å². The molecular weight excluding hydrogens is 332 g/mol. The van der Waals surface area contributed by atoms with Crippen molar-refractivity contribution in [2.45, 2.75) is 25.3 Å². The molecule has 0 aliphatic carbocycles. The second-order valence-electron chi connectivity index (χ2n) is 6.91. The van der Waals surface area contributed by atoms with Crippen molar-refractivity contribution in [3.63, 3.8) is 0 Å². The summed E-state index contributed by atoms with van der Waals surface area (Å²) in [6, 6.07) is 19.2. The number of nitrogens with zero attached hydrogens (tertiary/aromatic N) is 1. The molecule has 0 bridgehead atoms. The van der Waals surface area contributed by atoms with Gasteiger partial charge in [0.1, 0.15) is 0 Å². The average Bonchev–Trinajstić information content (AvgIpc) is 2.68. The number of benzene rings is 2. The van der Waals surface area contributed by atoms with Gasteiger partial charge in [0.2, 0.25) is 5.91 Å². The Hall–Kier alpha value is -1.84. The first-order valence-corrected chi connectivity index (χ1v) is 8.95. The minimum Gasteiger partial charge on any atom is -0.337 e. The van der Waals surface area contributed by atoms with Crippen LogP contribution in [0.4, 0.5) is 0 Å². The molecule has 1 atom stereocenters. The van der Waals surface area contributed by atoms with E-state index in [-0.39, 0.29) is 24.2 Å². The first kappa shape index (κ1) is 18.0. The van der Waals surface area contributed by atoms with Gasteiger partial charge in [-0.1, -0.05) is 54.6 Å². The van der Waals surface area contributed by atoms with Crippen molar-refractivity contribution in [1.82, 2.24) is 10.2 Å². The maximum Gasteiger partial charge on any atom is 0.226 e. The monoisotopic (exact) mass is 356 g/mol. The zero-order chi connectivity index (χ0) is 16.4. The summed E-state index contributed by atoms with van der Waals surface area (Å²) in [5, 5.41) is 3.35. The van der Waals surface area contributed by atoms with Crippen LogP contribution in [0.1, 0.15) is 35.4 Å². The highest BCUT2D eigenvalue weighted by Crippen LogP contribution is 2.34. The highest BCUT2D eigenvalue weighted by Gasteiger charge is 2.32. The number of amides is 1. The van der Waals surface area contributed by atoms with Crippen LogP contribution in [0, 0.1) is 5.92 Å². The lowest BCUT2D eigenvalue weighted by atomic mass is 9.84. The summed E-state index contributed by atoms with van der Waals surface area (Å²) in [7, 11) is 0. The minimum absolute atomic E-state index is 0.